The largest absolute Gasteiger partial charge is 0.470 e. The number of esters is 1. The van der Waals surface area contributed by atoms with Crippen LogP contribution < -0.4 is 4.74 Å². The van der Waals surface area contributed by atoms with Crippen LogP contribution in [0.1, 0.15) is 56.2 Å². The van der Waals surface area contributed by atoms with E-state index in [1.54, 1.807) is 6.20 Å². The molecule has 0 bridgehead atoms. The summed E-state index contributed by atoms with van der Waals surface area (Å²) in [4.78, 5) is 16.0. The van der Waals surface area contributed by atoms with Crippen molar-refractivity contribution in [1.29, 1.82) is 0 Å². The summed E-state index contributed by atoms with van der Waals surface area (Å²) in [6, 6.07) is 16.4. The second-order valence-electron chi connectivity index (χ2n) is 8.08. The number of aromatic amines is 1. The molecule has 31 heavy (non-hydrogen) atoms. The van der Waals surface area contributed by atoms with E-state index in [1.165, 1.54) is 5.56 Å². The van der Waals surface area contributed by atoms with Crippen molar-refractivity contribution in [2.45, 2.75) is 51.6 Å². The first-order chi connectivity index (χ1) is 15.2. The summed E-state index contributed by atoms with van der Waals surface area (Å²) < 4.78 is 10.8. The molecule has 4 rings (SSSR count). The molecule has 162 valence electrons. The number of nitrogens with zero attached hydrogens (tertiary/aromatic N) is 2. The summed E-state index contributed by atoms with van der Waals surface area (Å²) in [7, 11) is 0. The maximum atomic E-state index is 11.7. The highest BCUT2D eigenvalue weighted by Gasteiger charge is 2.24. The molecule has 1 aliphatic carbocycles. The number of rotatable bonds is 8. The van der Waals surface area contributed by atoms with Gasteiger partial charge in [0, 0.05) is 18.7 Å². The number of benzene rings is 1. The number of carbonyl (C=O) groups excluding carboxylic acids is 1. The third kappa shape index (κ3) is 5.72. The van der Waals surface area contributed by atoms with Crippen molar-refractivity contribution in [2.24, 2.45) is 5.92 Å². The minimum atomic E-state index is -0.0572. The molecule has 1 N–H and O–H groups in total. The summed E-state index contributed by atoms with van der Waals surface area (Å²) >= 11 is 0. The maximum Gasteiger partial charge on any atom is 0.306 e. The van der Waals surface area contributed by atoms with Crippen molar-refractivity contribution in [1.82, 2.24) is 15.2 Å². The molecule has 1 aromatic carbocycles. The van der Waals surface area contributed by atoms with Gasteiger partial charge in [0.05, 0.1) is 18.0 Å². The van der Waals surface area contributed by atoms with Crippen molar-refractivity contribution in [3.63, 3.8) is 0 Å². The molecule has 0 atom stereocenters. The van der Waals surface area contributed by atoms with Gasteiger partial charge in [-0.25, -0.2) is 0 Å². The summed E-state index contributed by atoms with van der Waals surface area (Å²) in [5.41, 5.74) is 4.25. The Morgan fingerprint density at radius 1 is 1.10 bits per heavy atom. The van der Waals surface area contributed by atoms with E-state index in [4.69, 9.17) is 9.47 Å². The van der Waals surface area contributed by atoms with Crippen molar-refractivity contribution in [3.8, 4) is 17.1 Å². The van der Waals surface area contributed by atoms with Gasteiger partial charge in [0.1, 0.15) is 6.61 Å². The highest BCUT2D eigenvalue weighted by Crippen LogP contribution is 2.37. The van der Waals surface area contributed by atoms with Crippen LogP contribution in [0.25, 0.3) is 11.3 Å². The van der Waals surface area contributed by atoms with Crippen LogP contribution in [0.3, 0.4) is 0 Å². The van der Waals surface area contributed by atoms with Crippen LogP contribution in [0.15, 0.2) is 54.7 Å². The minimum Gasteiger partial charge on any atom is -0.470 e. The SMILES string of the molecule is CCOC(=O)CC1CCC(c2ccc(-c3cc(OCc4ccccn4)n[nH]3)cc2)CC1. The van der Waals surface area contributed by atoms with Gasteiger partial charge in [0.15, 0.2) is 0 Å². The van der Waals surface area contributed by atoms with Gasteiger partial charge in [-0.2, -0.15) is 0 Å². The fourth-order valence-corrected chi connectivity index (χ4v) is 4.25. The predicted molar refractivity (Wildman–Crippen MR) is 119 cm³/mol. The first-order valence-corrected chi connectivity index (χ1v) is 11.1. The molecule has 0 aliphatic heterocycles. The van der Waals surface area contributed by atoms with Crippen LogP contribution in [-0.2, 0) is 16.1 Å². The van der Waals surface area contributed by atoms with Gasteiger partial charge in [-0.05, 0) is 67.7 Å². The third-order valence-corrected chi connectivity index (χ3v) is 5.95. The Balaban J connectivity index is 1.30. The number of hydrogen-bond donors (Lipinski definition) is 1. The van der Waals surface area contributed by atoms with Crippen molar-refractivity contribution < 1.29 is 14.3 Å². The summed E-state index contributed by atoms with van der Waals surface area (Å²) in [6.45, 7) is 2.72. The fourth-order valence-electron chi connectivity index (χ4n) is 4.25. The Labute approximate surface area is 183 Å². The standard InChI is InChI=1S/C25H29N3O3/c1-2-30-25(29)15-18-6-8-19(9-7-18)20-10-12-21(13-11-20)23-16-24(28-27-23)31-17-22-5-3-4-14-26-22/h3-5,10-14,16,18-19H,2,6-9,15,17H2,1H3,(H,27,28). The molecule has 3 aromatic rings. The Morgan fingerprint density at radius 3 is 2.61 bits per heavy atom. The van der Waals surface area contributed by atoms with Gasteiger partial charge < -0.3 is 9.47 Å². The van der Waals surface area contributed by atoms with E-state index < -0.39 is 0 Å². The third-order valence-electron chi connectivity index (χ3n) is 5.95. The van der Waals surface area contributed by atoms with E-state index >= 15 is 0 Å². The molecule has 2 heterocycles. The molecule has 2 aromatic heterocycles. The molecule has 0 saturated heterocycles. The number of aromatic nitrogens is 3. The Morgan fingerprint density at radius 2 is 1.90 bits per heavy atom. The van der Waals surface area contributed by atoms with E-state index in [9.17, 15) is 4.79 Å². The predicted octanol–water partition coefficient (Wildman–Crippen LogP) is 5.28. The monoisotopic (exact) mass is 419 g/mol. The van der Waals surface area contributed by atoms with Gasteiger partial charge in [-0.15, -0.1) is 5.10 Å². The Bertz CT molecular complexity index is 961. The molecule has 1 fully saturated rings. The number of hydrogen-bond acceptors (Lipinski definition) is 5. The molecule has 0 unspecified atom stereocenters. The van der Waals surface area contributed by atoms with Gasteiger partial charge in [0.25, 0.3) is 0 Å². The van der Waals surface area contributed by atoms with Crippen LogP contribution in [0.4, 0.5) is 0 Å². The van der Waals surface area contributed by atoms with E-state index in [0.29, 0.717) is 37.4 Å². The van der Waals surface area contributed by atoms with Gasteiger partial charge in [-0.1, -0.05) is 30.3 Å². The van der Waals surface area contributed by atoms with Gasteiger partial charge in [-0.3, -0.25) is 14.9 Å². The van der Waals surface area contributed by atoms with Crippen LogP contribution in [0.5, 0.6) is 5.88 Å². The van der Waals surface area contributed by atoms with E-state index in [2.05, 4.69) is 39.4 Å². The smallest absolute Gasteiger partial charge is 0.306 e. The normalized spacial score (nSPS) is 18.5. The number of H-pyrrole nitrogens is 1. The van der Waals surface area contributed by atoms with Crippen LogP contribution >= 0.6 is 0 Å². The lowest BCUT2D eigenvalue weighted by molar-refractivity contribution is -0.144. The number of pyridine rings is 1. The Kier molecular flexibility index (Phi) is 6.97. The molecule has 6 nitrogen and oxygen atoms in total. The number of carbonyl (C=O) groups is 1. The fraction of sp³-hybridized carbons (Fsp3) is 0.400. The molecule has 0 amide bonds. The highest BCUT2D eigenvalue weighted by atomic mass is 16.5. The summed E-state index contributed by atoms with van der Waals surface area (Å²) in [6.07, 6.45) is 6.73. The van der Waals surface area contributed by atoms with Crippen LogP contribution in [0, 0.1) is 5.92 Å². The second-order valence-corrected chi connectivity index (χ2v) is 8.08. The number of ether oxygens (including phenoxy) is 2. The average Bonchev–Trinajstić information content (AvgIpc) is 3.28. The van der Waals surface area contributed by atoms with Crippen LogP contribution in [0.2, 0.25) is 0 Å². The highest BCUT2D eigenvalue weighted by molar-refractivity contribution is 5.69. The molecular formula is C25H29N3O3. The lowest BCUT2D eigenvalue weighted by Gasteiger charge is -2.28. The van der Waals surface area contributed by atoms with Gasteiger partial charge in [0.2, 0.25) is 5.88 Å². The lowest BCUT2D eigenvalue weighted by atomic mass is 9.77. The molecule has 1 saturated carbocycles. The average molecular weight is 420 g/mol. The zero-order valence-corrected chi connectivity index (χ0v) is 17.9. The van der Waals surface area contributed by atoms with E-state index in [0.717, 1.165) is 42.6 Å². The summed E-state index contributed by atoms with van der Waals surface area (Å²) in [5.74, 6) is 1.53. The minimum absolute atomic E-state index is 0.0572. The van der Waals surface area contributed by atoms with E-state index in [1.807, 2.05) is 31.2 Å². The second kappa shape index (κ2) is 10.2. The maximum absolute atomic E-state index is 11.7. The lowest BCUT2D eigenvalue weighted by Crippen LogP contribution is -2.17. The molecule has 0 spiro atoms. The zero-order chi connectivity index (χ0) is 21.5. The first-order valence-electron chi connectivity index (χ1n) is 11.1. The molecule has 6 heteroatoms. The van der Waals surface area contributed by atoms with Crippen molar-refractivity contribution >= 4 is 5.97 Å². The van der Waals surface area contributed by atoms with Crippen LogP contribution in [-0.4, -0.2) is 27.8 Å². The van der Waals surface area contributed by atoms with Crippen molar-refractivity contribution in [3.05, 3.63) is 66.0 Å². The zero-order valence-electron chi connectivity index (χ0n) is 17.9. The molecule has 0 radical (unpaired) electrons. The topological polar surface area (TPSA) is 77.1 Å². The van der Waals surface area contributed by atoms with E-state index in [-0.39, 0.29) is 5.97 Å². The van der Waals surface area contributed by atoms with Gasteiger partial charge >= 0.3 is 5.97 Å². The van der Waals surface area contributed by atoms with Crippen molar-refractivity contribution in [2.75, 3.05) is 6.61 Å². The summed E-state index contributed by atoms with van der Waals surface area (Å²) in [5, 5.41) is 7.30. The Hall–Kier alpha value is -3.15. The molecular weight excluding hydrogens is 390 g/mol. The quantitative estimate of drug-likeness (QED) is 0.503. The number of nitrogens with one attached hydrogen (secondary N) is 1. The molecule has 1 aliphatic rings. The first kappa shape index (κ1) is 21.1.